The van der Waals surface area contributed by atoms with E-state index < -0.39 is 0 Å². The van der Waals surface area contributed by atoms with Gasteiger partial charge < -0.3 is 5.32 Å². The first-order chi connectivity index (χ1) is 9.63. The predicted molar refractivity (Wildman–Crippen MR) is 79.9 cm³/mol. The van der Waals surface area contributed by atoms with Gasteiger partial charge >= 0.3 is 0 Å². The summed E-state index contributed by atoms with van der Waals surface area (Å²) in [7, 11) is 0. The number of nitriles is 1. The van der Waals surface area contributed by atoms with Crippen LogP contribution in [0.5, 0.6) is 0 Å². The van der Waals surface area contributed by atoms with Crippen LogP contribution in [0.2, 0.25) is 5.02 Å². The third-order valence-electron chi connectivity index (χ3n) is 4.03. The van der Waals surface area contributed by atoms with Crippen LogP contribution in [0.15, 0.2) is 18.2 Å². The summed E-state index contributed by atoms with van der Waals surface area (Å²) in [6, 6.07) is 7.04. The smallest absolute Gasteiger partial charge is 0.170 e. The molecule has 1 saturated heterocycles. The summed E-state index contributed by atoms with van der Waals surface area (Å²) >= 11 is 5.94. The third-order valence-corrected chi connectivity index (χ3v) is 4.36. The minimum atomic E-state index is -0.326. The molecule has 1 aliphatic heterocycles. The van der Waals surface area contributed by atoms with Gasteiger partial charge in [-0.3, -0.25) is 4.79 Å². The van der Waals surface area contributed by atoms with E-state index in [1.807, 2.05) is 6.07 Å². The van der Waals surface area contributed by atoms with Crippen LogP contribution in [-0.4, -0.2) is 18.9 Å². The molecule has 1 heterocycles. The molecule has 0 aliphatic carbocycles. The second-order valence-electron chi connectivity index (χ2n) is 5.45. The third kappa shape index (κ3) is 2.87. The van der Waals surface area contributed by atoms with Crippen molar-refractivity contribution in [3.8, 4) is 6.07 Å². The molecule has 0 spiro atoms. The summed E-state index contributed by atoms with van der Waals surface area (Å²) in [6.45, 7) is 3.80. The minimum absolute atomic E-state index is 0.139. The number of nitrogens with one attached hydrogen (secondary N) is 1. The van der Waals surface area contributed by atoms with E-state index in [1.165, 1.54) is 0 Å². The first-order valence-electron chi connectivity index (χ1n) is 7.08. The molecule has 106 valence electrons. The zero-order valence-corrected chi connectivity index (χ0v) is 12.5. The van der Waals surface area contributed by atoms with E-state index in [2.05, 4.69) is 12.2 Å². The molecular weight excluding hydrogens is 272 g/mol. The highest BCUT2D eigenvalue weighted by Gasteiger charge is 2.39. The fourth-order valence-corrected chi connectivity index (χ4v) is 3.19. The first-order valence-corrected chi connectivity index (χ1v) is 7.46. The molecule has 1 aromatic rings. The van der Waals surface area contributed by atoms with Crippen molar-refractivity contribution in [2.45, 2.75) is 32.6 Å². The molecule has 1 fully saturated rings. The Morgan fingerprint density at radius 1 is 1.55 bits per heavy atom. The number of ketones is 1. The van der Waals surface area contributed by atoms with Gasteiger partial charge in [0.1, 0.15) is 6.07 Å². The Morgan fingerprint density at radius 3 is 2.95 bits per heavy atom. The van der Waals surface area contributed by atoms with Crippen molar-refractivity contribution in [2.75, 3.05) is 13.1 Å². The number of piperidine rings is 1. The number of nitrogens with zero attached hydrogens (tertiary/aromatic N) is 1. The monoisotopic (exact) mass is 290 g/mol. The molecule has 4 heteroatoms. The largest absolute Gasteiger partial charge is 0.316 e. The Kier molecular flexibility index (Phi) is 4.80. The molecule has 1 N–H and O–H groups in total. The topological polar surface area (TPSA) is 52.9 Å². The number of rotatable bonds is 4. The van der Waals surface area contributed by atoms with Crippen LogP contribution in [0.3, 0.4) is 0 Å². The Balaban J connectivity index is 2.35. The van der Waals surface area contributed by atoms with Gasteiger partial charge in [0.25, 0.3) is 0 Å². The van der Waals surface area contributed by atoms with Gasteiger partial charge in [-0.1, -0.05) is 24.9 Å². The van der Waals surface area contributed by atoms with Gasteiger partial charge in [-0.05, 0) is 44.0 Å². The van der Waals surface area contributed by atoms with Crippen molar-refractivity contribution in [1.82, 2.24) is 5.32 Å². The molecule has 0 bridgehead atoms. The lowest BCUT2D eigenvalue weighted by Crippen LogP contribution is -2.45. The van der Waals surface area contributed by atoms with Crippen LogP contribution in [0.25, 0.3) is 0 Å². The Hall–Kier alpha value is -1.37. The number of carbonyl (C=O) groups excluding carboxylic acids is 1. The lowest BCUT2D eigenvalue weighted by Gasteiger charge is -2.36. The highest BCUT2D eigenvalue weighted by molar-refractivity contribution is 6.31. The summed E-state index contributed by atoms with van der Waals surface area (Å²) in [5, 5.41) is 12.8. The van der Waals surface area contributed by atoms with Crippen LogP contribution in [-0.2, 0) is 0 Å². The molecule has 1 unspecified atom stereocenters. The minimum Gasteiger partial charge on any atom is -0.316 e. The highest BCUT2D eigenvalue weighted by atomic mass is 35.5. The lowest BCUT2D eigenvalue weighted by atomic mass is 9.71. The number of Topliss-reactive ketones (excluding diaryl/α,β-unsaturated/α-hetero) is 1. The Bertz CT molecular complexity index is 536. The first kappa shape index (κ1) is 15.0. The van der Waals surface area contributed by atoms with Crippen LogP contribution < -0.4 is 5.32 Å². The summed E-state index contributed by atoms with van der Waals surface area (Å²) in [5.74, 6) is 0.139. The van der Waals surface area contributed by atoms with Gasteiger partial charge in [-0.2, -0.15) is 5.26 Å². The fraction of sp³-hybridized carbons (Fsp3) is 0.500. The van der Waals surface area contributed by atoms with Crippen LogP contribution in [0.4, 0.5) is 0 Å². The highest BCUT2D eigenvalue weighted by Crippen LogP contribution is 2.35. The zero-order chi connectivity index (χ0) is 14.6. The maximum atomic E-state index is 12.9. The van der Waals surface area contributed by atoms with E-state index in [0.717, 1.165) is 38.8 Å². The molecule has 0 radical (unpaired) electrons. The zero-order valence-electron chi connectivity index (χ0n) is 11.7. The van der Waals surface area contributed by atoms with Gasteiger partial charge in [-0.15, -0.1) is 0 Å². The van der Waals surface area contributed by atoms with Gasteiger partial charge in [0.15, 0.2) is 5.78 Å². The average Bonchev–Trinajstić information content (AvgIpc) is 2.48. The Labute approximate surface area is 124 Å². The number of carbonyl (C=O) groups is 1. The van der Waals surface area contributed by atoms with E-state index in [9.17, 15) is 4.79 Å². The lowest BCUT2D eigenvalue weighted by molar-refractivity contribution is 0.0718. The number of hydrogen-bond acceptors (Lipinski definition) is 3. The molecule has 2 rings (SSSR count). The van der Waals surface area contributed by atoms with Crippen molar-refractivity contribution in [3.05, 3.63) is 34.3 Å². The predicted octanol–water partition coefficient (Wildman–Crippen LogP) is 3.56. The maximum Gasteiger partial charge on any atom is 0.170 e. The van der Waals surface area contributed by atoms with Crippen molar-refractivity contribution in [1.29, 1.82) is 5.26 Å². The van der Waals surface area contributed by atoms with Crippen molar-refractivity contribution in [2.24, 2.45) is 5.41 Å². The summed E-state index contributed by atoms with van der Waals surface area (Å²) in [5.41, 5.74) is 0.643. The standard InChI is InChI=1S/C16H19ClN2O/c1-2-6-16(7-3-8-19-11-16)15(20)12-4-5-14(17)13(9-12)10-18/h4-5,9,19H,2-3,6-8,11H2,1H3. The van der Waals surface area contributed by atoms with Crippen LogP contribution >= 0.6 is 11.6 Å². The Morgan fingerprint density at radius 2 is 2.35 bits per heavy atom. The quantitative estimate of drug-likeness (QED) is 0.863. The van der Waals surface area contributed by atoms with E-state index in [4.69, 9.17) is 16.9 Å². The van der Waals surface area contributed by atoms with Gasteiger partial charge in [-0.25, -0.2) is 0 Å². The molecule has 1 aromatic carbocycles. The molecule has 3 nitrogen and oxygen atoms in total. The van der Waals surface area contributed by atoms with E-state index in [1.54, 1.807) is 18.2 Å². The van der Waals surface area contributed by atoms with Gasteiger partial charge in [0, 0.05) is 17.5 Å². The number of benzene rings is 1. The number of halogens is 1. The van der Waals surface area contributed by atoms with Gasteiger partial charge in [0.05, 0.1) is 10.6 Å². The summed E-state index contributed by atoms with van der Waals surface area (Å²) in [6.07, 6.45) is 3.79. The fourth-order valence-electron chi connectivity index (χ4n) is 3.03. The van der Waals surface area contributed by atoms with E-state index >= 15 is 0 Å². The molecule has 1 aliphatic rings. The summed E-state index contributed by atoms with van der Waals surface area (Å²) in [4.78, 5) is 12.9. The van der Waals surface area contributed by atoms with Crippen molar-refractivity contribution < 1.29 is 4.79 Å². The second kappa shape index (κ2) is 6.39. The van der Waals surface area contributed by atoms with E-state index in [-0.39, 0.29) is 11.2 Å². The average molecular weight is 291 g/mol. The molecular formula is C16H19ClN2O. The van der Waals surface area contributed by atoms with Crippen LogP contribution in [0.1, 0.15) is 48.5 Å². The van der Waals surface area contributed by atoms with Crippen LogP contribution in [0, 0.1) is 16.7 Å². The summed E-state index contributed by atoms with van der Waals surface area (Å²) < 4.78 is 0. The van der Waals surface area contributed by atoms with Crippen molar-refractivity contribution >= 4 is 17.4 Å². The van der Waals surface area contributed by atoms with E-state index in [0.29, 0.717) is 16.1 Å². The number of hydrogen-bond donors (Lipinski definition) is 1. The normalized spacial score (nSPS) is 22.2. The molecule has 0 amide bonds. The van der Waals surface area contributed by atoms with Gasteiger partial charge in [0.2, 0.25) is 0 Å². The molecule has 1 atom stereocenters. The second-order valence-corrected chi connectivity index (χ2v) is 5.85. The maximum absolute atomic E-state index is 12.9. The molecule has 0 aromatic heterocycles. The molecule has 20 heavy (non-hydrogen) atoms. The van der Waals surface area contributed by atoms with Crippen molar-refractivity contribution in [3.63, 3.8) is 0 Å². The molecule has 0 saturated carbocycles. The SMILES string of the molecule is CCCC1(C(=O)c2ccc(Cl)c(C#N)c2)CCCNC1.